The van der Waals surface area contributed by atoms with Gasteiger partial charge in [-0.05, 0) is 60.8 Å². The van der Waals surface area contributed by atoms with Crippen molar-refractivity contribution in [2.75, 3.05) is 18.5 Å². The first-order chi connectivity index (χ1) is 14.5. The number of nitrogens with zero attached hydrogens (tertiary/aromatic N) is 3. The molecule has 0 aromatic carbocycles. The van der Waals surface area contributed by atoms with E-state index in [1.165, 1.54) is 4.90 Å². The fraction of sp³-hybridized carbons (Fsp3) is 0.714. The largest absolute Gasteiger partial charge is 0.448 e. The summed E-state index contributed by atoms with van der Waals surface area (Å²) in [7, 11) is 0. The van der Waals surface area contributed by atoms with Crippen LogP contribution in [0.15, 0.2) is 0 Å². The second-order valence-corrected chi connectivity index (χ2v) is 9.26. The summed E-state index contributed by atoms with van der Waals surface area (Å²) in [5.41, 5.74) is -0.428. The normalized spacial score (nSPS) is 20.2. The minimum Gasteiger partial charge on any atom is -0.448 e. The van der Waals surface area contributed by atoms with Crippen molar-refractivity contribution in [3.63, 3.8) is 0 Å². The smallest absolute Gasteiger partial charge is 0.436 e. The third-order valence-corrected chi connectivity index (χ3v) is 5.32. The number of nitrogens with one attached hydrogen (secondary N) is 1. The van der Waals surface area contributed by atoms with E-state index < -0.39 is 29.4 Å². The third kappa shape index (κ3) is 4.68. The van der Waals surface area contributed by atoms with E-state index in [9.17, 15) is 14.4 Å². The predicted octanol–water partition coefficient (Wildman–Crippen LogP) is 3.38. The predicted molar refractivity (Wildman–Crippen MR) is 112 cm³/mol. The summed E-state index contributed by atoms with van der Waals surface area (Å²) in [5.74, 6) is -0.145. The zero-order valence-corrected chi connectivity index (χ0v) is 19.1. The number of aromatic nitrogens is 2. The van der Waals surface area contributed by atoms with Crippen LogP contribution in [0.2, 0.25) is 0 Å². The Labute approximate surface area is 182 Å². The van der Waals surface area contributed by atoms with Gasteiger partial charge in [-0.2, -0.15) is 5.10 Å². The Morgan fingerprint density at radius 1 is 1.23 bits per heavy atom. The van der Waals surface area contributed by atoms with Crippen LogP contribution in [0, 0.1) is 0 Å². The van der Waals surface area contributed by atoms with Crippen LogP contribution in [-0.2, 0) is 31.1 Å². The molecule has 0 radical (unpaired) electrons. The number of anilines is 1. The monoisotopic (exact) mass is 436 g/mol. The molecular formula is C21H32N4O6. The van der Waals surface area contributed by atoms with E-state index in [0.717, 1.165) is 17.5 Å². The first-order valence-corrected chi connectivity index (χ1v) is 10.7. The third-order valence-electron chi connectivity index (χ3n) is 5.32. The molecular weight excluding hydrogens is 404 g/mol. The van der Waals surface area contributed by atoms with E-state index in [2.05, 4.69) is 10.4 Å². The molecule has 0 saturated carbocycles. The quantitative estimate of drug-likeness (QED) is 0.773. The Hall–Kier alpha value is -2.62. The van der Waals surface area contributed by atoms with Gasteiger partial charge in [-0.3, -0.25) is 9.69 Å². The number of hydrogen-bond donors (Lipinski definition) is 1. The van der Waals surface area contributed by atoms with E-state index in [0.29, 0.717) is 24.3 Å². The van der Waals surface area contributed by atoms with Crippen molar-refractivity contribution in [1.82, 2.24) is 14.7 Å². The van der Waals surface area contributed by atoms with E-state index in [-0.39, 0.29) is 24.9 Å². The molecule has 1 fully saturated rings. The molecule has 1 aromatic heterocycles. The molecule has 2 aliphatic heterocycles. The highest BCUT2D eigenvalue weighted by Crippen LogP contribution is 2.42. The molecule has 1 atom stereocenters. The van der Waals surface area contributed by atoms with Gasteiger partial charge in [0.1, 0.15) is 17.5 Å². The summed E-state index contributed by atoms with van der Waals surface area (Å²) in [6.07, 6.45) is 0.636. The number of carbonyl (C=O) groups is 3. The number of fused-ring (bicyclic) bond motifs is 1. The molecule has 1 unspecified atom stereocenters. The Morgan fingerprint density at radius 2 is 1.94 bits per heavy atom. The zero-order valence-electron chi connectivity index (χ0n) is 19.1. The lowest BCUT2D eigenvalue weighted by atomic mass is 10.0. The molecule has 3 heterocycles. The van der Waals surface area contributed by atoms with Crippen molar-refractivity contribution in [3.05, 3.63) is 11.3 Å². The van der Waals surface area contributed by atoms with Crippen LogP contribution in [0.5, 0.6) is 0 Å². The Balaban J connectivity index is 1.95. The van der Waals surface area contributed by atoms with Crippen LogP contribution < -0.4 is 5.32 Å². The molecule has 3 rings (SSSR count). The number of carbonyl (C=O) groups excluding carboxylic acids is 3. The van der Waals surface area contributed by atoms with Gasteiger partial charge in [0.25, 0.3) is 5.91 Å². The summed E-state index contributed by atoms with van der Waals surface area (Å²) < 4.78 is 17.3. The summed E-state index contributed by atoms with van der Waals surface area (Å²) in [4.78, 5) is 39.7. The van der Waals surface area contributed by atoms with Crippen LogP contribution in [0.3, 0.4) is 0 Å². The summed E-state index contributed by atoms with van der Waals surface area (Å²) in [6, 6.07) is 0. The van der Waals surface area contributed by atoms with Crippen LogP contribution in [0.1, 0.15) is 72.1 Å². The highest BCUT2D eigenvalue weighted by atomic mass is 16.6. The van der Waals surface area contributed by atoms with Gasteiger partial charge in [0.05, 0.1) is 24.4 Å². The summed E-state index contributed by atoms with van der Waals surface area (Å²) >= 11 is 0. The Morgan fingerprint density at radius 3 is 2.52 bits per heavy atom. The summed E-state index contributed by atoms with van der Waals surface area (Å²) in [5, 5.41) is 7.23. The second-order valence-electron chi connectivity index (χ2n) is 9.26. The first-order valence-electron chi connectivity index (χ1n) is 10.7. The number of ether oxygens (including phenoxy) is 3. The van der Waals surface area contributed by atoms with Crippen molar-refractivity contribution in [3.8, 4) is 0 Å². The number of hydrogen-bond acceptors (Lipinski definition) is 7. The van der Waals surface area contributed by atoms with Crippen molar-refractivity contribution in [2.24, 2.45) is 0 Å². The van der Waals surface area contributed by atoms with Gasteiger partial charge < -0.3 is 19.5 Å². The first kappa shape index (κ1) is 23.1. The second kappa shape index (κ2) is 8.49. The molecule has 10 nitrogen and oxygen atoms in total. The van der Waals surface area contributed by atoms with E-state index in [1.54, 1.807) is 27.7 Å². The van der Waals surface area contributed by atoms with Gasteiger partial charge in [-0.15, -0.1) is 4.68 Å². The Kier molecular flexibility index (Phi) is 6.31. The van der Waals surface area contributed by atoms with Gasteiger partial charge >= 0.3 is 12.2 Å². The van der Waals surface area contributed by atoms with E-state index in [4.69, 9.17) is 14.2 Å². The van der Waals surface area contributed by atoms with Gasteiger partial charge in [-0.25, -0.2) is 9.59 Å². The maximum Gasteiger partial charge on any atom is 0.436 e. The maximum atomic E-state index is 12.8. The zero-order chi connectivity index (χ0) is 23.0. The highest BCUT2D eigenvalue weighted by molar-refractivity contribution is 5.96. The minimum absolute atomic E-state index is 0.137. The topological polar surface area (TPSA) is 112 Å². The number of amides is 2. The van der Waals surface area contributed by atoms with E-state index >= 15 is 0 Å². The SMILES string of the molecule is CCOC(=O)n1nc2c(c1NC(=O)C1CCCCO1)CN(C(=O)OC(C)(C)C)C2(C)C. The molecule has 0 spiro atoms. The Bertz CT molecular complexity index is 864. The fourth-order valence-corrected chi connectivity index (χ4v) is 3.77. The molecule has 2 amide bonds. The molecule has 1 saturated heterocycles. The summed E-state index contributed by atoms with van der Waals surface area (Å²) in [6.45, 7) is 11.5. The minimum atomic E-state index is -0.851. The van der Waals surface area contributed by atoms with Crippen molar-refractivity contribution < 1.29 is 28.6 Å². The van der Waals surface area contributed by atoms with Crippen molar-refractivity contribution >= 4 is 23.9 Å². The van der Waals surface area contributed by atoms with Gasteiger partial charge in [0.15, 0.2) is 0 Å². The van der Waals surface area contributed by atoms with Crippen LogP contribution in [0.4, 0.5) is 15.4 Å². The van der Waals surface area contributed by atoms with Crippen molar-refractivity contribution in [1.29, 1.82) is 0 Å². The molecule has 31 heavy (non-hydrogen) atoms. The average molecular weight is 437 g/mol. The van der Waals surface area contributed by atoms with Crippen LogP contribution in [-0.4, -0.2) is 57.7 Å². The molecule has 10 heteroatoms. The highest BCUT2D eigenvalue weighted by Gasteiger charge is 2.47. The lowest BCUT2D eigenvalue weighted by molar-refractivity contribution is -0.130. The van der Waals surface area contributed by atoms with Crippen molar-refractivity contribution in [2.45, 2.75) is 84.6 Å². The molecule has 0 aliphatic carbocycles. The molecule has 1 aromatic rings. The standard InChI is InChI=1S/C21H32N4O6/c1-7-29-19(28)25-16(22-17(26)14-10-8-9-11-30-14)13-12-24(18(27)31-20(2,3)4)21(5,6)15(13)23-25/h14H,7-12H2,1-6H3,(H,22,26). The lowest BCUT2D eigenvalue weighted by Crippen LogP contribution is -2.44. The average Bonchev–Trinajstić information content (AvgIpc) is 3.16. The molecule has 2 aliphatic rings. The maximum absolute atomic E-state index is 12.8. The van der Waals surface area contributed by atoms with Gasteiger partial charge in [0.2, 0.25) is 0 Å². The van der Waals surface area contributed by atoms with Crippen LogP contribution in [0.25, 0.3) is 0 Å². The molecule has 0 bridgehead atoms. The fourth-order valence-electron chi connectivity index (χ4n) is 3.77. The molecule has 1 N–H and O–H groups in total. The number of rotatable bonds is 3. The molecule has 172 valence electrons. The lowest BCUT2D eigenvalue weighted by Gasteiger charge is -2.33. The van der Waals surface area contributed by atoms with Crippen LogP contribution >= 0.6 is 0 Å². The van der Waals surface area contributed by atoms with Gasteiger partial charge in [-0.1, -0.05) is 0 Å². The van der Waals surface area contributed by atoms with E-state index in [1.807, 2.05) is 13.8 Å². The van der Waals surface area contributed by atoms with Gasteiger partial charge in [0, 0.05) is 12.2 Å².